The number of amides is 2. The van der Waals surface area contributed by atoms with Gasteiger partial charge in [0.15, 0.2) is 6.10 Å². The fraction of sp³-hybridized carbons (Fsp3) is 0.222. The lowest BCUT2D eigenvalue weighted by Crippen LogP contribution is -2.47. The molecule has 0 unspecified atom stereocenters. The fourth-order valence-electron chi connectivity index (χ4n) is 2.39. The first-order valence-electron chi connectivity index (χ1n) is 7.43. The van der Waals surface area contributed by atoms with Crippen molar-refractivity contribution in [2.75, 3.05) is 7.11 Å². The number of nitrogens with one attached hydrogen (secondary N) is 1. The van der Waals surface area contributed by atoms with Crippen molar-refractivity contribution in [3.63, 3.8) is 0 Å². The van der Waals surface area contributed by atoms with Crippen molar-refractivity contribution in [1.29, 1.82) is 0 Å². The number of rotatable bonds is 7. The topological polar surface area (TPSA) is 81.4 Å². The molecule has 0 fully saturated rings. The highest BCUT2D eigenvalue weighted by Crippen LogP contribution is 2.17. The molecule has 0 saturated heterocycles. The quantitative estimate of drug-likeness (QED) is 0.811. The number of primary amides is 1. The van der Waals surface area contributed by atoms with Gasteiger partial charge in [-0.2, -0.15) is 0 Å². The van der Waals surface area contributed by atoms with Crippen molar-refractivity contribution in [2.45, 2.75) is 18.6 Å². The molecule has 126 valence electrons. The molecule has 0 spiro atoms. The summed E-state index contributed by atoms with van der Waals surface area (Å²) >= 11 is 0. The molecule has 0 aromatic heterocycles. The second-order valence-electron chi connectivity index (χ2n) is 5.32. The molecule has 0 aliphatic rings. The van der Waals surface area contributed by atoms with Gasteiger partial charge in [-0.25, -0.2) is 4.39 Å². The zero-order chi connectivity index (χ0) is 17.5. The van der Waals surface area contributed by atoms with Crippen molar-refractivity contribution >= 4 is 11.8 Å². The minimum absolute atomic E-state index is 0.101. The summed E-state index contributed by atoms with van der Waals surface area (Å²) in [5, 5.41) is 2.57. The van der Waals surface area contributed by atoms with Crippen LogP contribution in [-0.2, 0) is 20.7 Å². The van der Waals surface area contributed by atoms with Crippen LogP contribution in [0, 0.1) is 5.82 Å². The molecular formula is C18H19FN2O3. The molecule has 2 atom stereocenters. The van der Waals surface area contributed by atoms with E-state index in [1.54, 1.807) is 30.3 Å². The van der Waals surface area contributed by atoms with Gasteiger partial charge in [0, 0.05) is 13.5 Å². The molecule has 3 N–H and O–H groups in total. The molecule has 0 saturated carbocycles. The first kappa shape index (κ1) is 17.6. The molecule has 2 aromatic carbocycles. The molecule has 5 nitrogen and oxygen atoms in total. The van der Waals surface area contributed by atoms with Crippen LogP contribution < -0.4 is 11.1 Å². The van der Waals surface area contributed by atoms with Crippen LogP contribution in [0.4, 0.5) is 4.39 Å². The van der Waals surface area contributed by atoms with Gasteiger partial charge in [-0.05, 0) is 23.3 Å². The van der Waals surface area contributed by atoms with E-state index in [4.69, 9.17) is 10.5 Å². The van der Waals surface area contributed by atoms with Crippen LogP contribution >= 0.6 is 0 Å². The maximum atomic E-state index is 13.3. The van der Waals surface area contributed by atoms with E-state index in [-0.39, 0.29) is 6.42 Å². The van der Waals surface area contributed by atoms with E-state index in [0.717, 1.165) is 0 Å². The van der Waals surface area contributed by atoms with Crippen molar-refractivity contribution in [3.05, 3.63) is 71.5 Å². The molecule has 2 rings (SSSR count). The average Bonchev–Trinajstić information content (AvgIpc) is 2.56. The molecule has 0 aliphatic heterocycles. The summed E-state index contributed by atoms with van der Waals surface area (Å²) in [6.45, 7) is 0. The zero-order valence-electron chi connectivity index (χ0n) is 13.2. The lowest BCUT2D eigenvalue weighted by Gasteiger charge is -2.20. The van der Waals surface area contributed by atoms with Gasteiger partial charge in [-0.3, -0.25) is 9.59 Å². The fourth-order valence-corrected chi connectivity index (χ4v) is 2.39. The number of benzene rings is 2. The molecule has 24 heavy (non-hydrogen) atoms. The zero-order valence-corrected chi connectivity index (χ0v) is 13.2. The number of ether oxygens (including phenoxy) is 1. The van der Waals surface area contributed by atoms with Crippen LogP contribution in [0.25, 0.3) is 0 Å². The summed E-state index contributed by atoms with van der Waals surface area (Å²) < 4.78 is 18.5. The van der Waals surface area contributed by atoms with Gasteiger partial charge in [-0.15, -0.1) is 0 Å². The van der Waals surface area contributed by atoms with E-state index in [1.165, 1.54) is 25.3 Å². The predicted octanol–water partition coefficient (Wildman–Crippen LogP) is 1.73. The van der Waals surface area contributed by atoms with E-state index in [0.29, 0.717) is 11.1 Å². The Morgan fingerprint density at radius 2 is 1.88 bits per heavy atom. The first-order chi connectivity index (χ1) is 11.5. The number of nitrogens with two attached hydrogens (primary N) is 1. The number of hydrogen-bond acceptors (Lipinski definition) is 3. The van der Waals surface area contributed by atoms with Gasteiger partial charge in [0.2, 0.25) is 5.91 Å². The Labute approximate surface area is 139 Å². The predicted molar refractivity (Wildman–Crippen MR) is 87.4 cm³/mol. The smallest absolute Gasteiger partial charge is 0.254 e. The number of carbonyl (C=O) groups excluding carboxylic acids is 2. The Hall–Kier alpha value is -2.73. The number of hydrogen-bond donors (Lipinski definition) is 2. The summed E-state index contributed by atoms with van der Waals surface area (Å²) in [7, 11) is 1.41. The third-order valence-corrected chi connectivity index (χ3v) is 3.56. The van der Waals surface area contributed by atoms with E-state index in [2.05, 4.69) is 5.32 Å². The Kier molecular flexibility index (Phi) is 6.03. The van der Waals surface area contributed by atoms with Crippen LogP contribution in [0.15, 0.2) is 54.6 Å². The van der Waals surface area contributed by atoms with Crippen molar-refractivity contribution < 1.29 is 18.7 Å². The number of carbonyl (C=O) groups is 2. The van der Waals surface area contributed by atoms with Crippen LogP contribution in [-0.4, -0.2) is 25.0 Å². The minimum Gasteiger partial charge on any atom is -0.368 e. The van der Waals surface area contributed by atoms with Gasteiger partial charge in [0.05, 0.1) is 0 Å². The molecule has 6 heteroatoms. The van der Waals surface area contributed by atoms with E-state index >= 15 is 0 Å². The second-order valence-corrected chi connectivity index (χ2v) is 5.32. The normalized spacial score (nSPS) is 13.1. The van der Waals surface area contributed by atoms with Crippen LogP contribution in [0.3, 0.4) is 0 Å². The number of halogens is 1. The summed E-state index contributed by atoms with van der Waals surface area (Å²) in [5.41, 5.74) is 6.58. The molecule has 0 aliphatic carbocycles. The highest BCUT2D eigenvalue weighted by molar-refractivity contribution is 5.89. The van der Waals surface area contributed by atoms with Crippen LogP contribution in [0.1, 0.15) is 17.2 Å². The third kappa shape index (κ3) is 4.63. The summed E-state index contributed by atoms with van der Waals surface area (Å²) in [4.78, 5) is 24.1. The van der Waals surface area contributed by atoms with E-state index in [1.807, 2.05) is 6.07 Å². The third-order valence-electron chi connectivity index (χ3n) is 3.56. The SMILES string of the molecule is CO[C@@H](C(=O)N[C@H](Cc1cccc(F)c1)C(N)=O)c1ccccc1. The highest BCUT2D eigenvalue weighted by atomic mass is 19.1. The minimum atomic E-state index is -0.958. The molecule has 0 bridgehead atoms. The van der Waals surface area contributed by atoms with E-state index < -0.39 is 29.8 Å². The largest absolute Gasteiger partial charge is 0.368 e. The molecular weight excluding hydrogens is 311 g/mol. The molecule has 2 aromatic rings. The standard InChI is InChI=1S/C18H19FN2O3/c1-24-16(13-7-3-2-4-8-13)18(23)21-15(17(20)22)11-12-6-5-9-14(19)10-12/h2-10,15-16H,11H2,1H3,(H2,20,22)(H,21,23)/t15-,16-/m1/s1. The molecule has 0 heterocycles. The maximum Gasteiger partial charge on any atom is 0.254 e. The van der Waals surface area contributed by atoms with Gasteiger partial charge >= 0.3 is 0 Å². The lowest BCUT2D eigenvalue weighted by atomic mass is 10.0. The second kappa shape index (κ2) is 8.21. The average molecular weight is 330 g/mol. The van der Waals surface area contributed by atoms with Gasteiger partial charge in [0.1, 0.15) is 11.9 Å². The Balaban J connectivity index is 2.11. The molecule has 2 amide bonds. The lowest BCUT2D eigenvalue weighted by molar-refractivity contribution is -0.134. The van der Waals surface area contributed by atoms with Crippen LogP contribution in [0.2, 0.25) is 0 Å². The first-order valence-corrected chi connectivity index (χ1v) is 7.43. The van der Waals surface area contributed by atoms with Crippen molar-refractivity contribution in [3.8, 4) is 0 Å². The maximum absolute atomic E-state index is 13.3. The van der Waals surface area contributed by atoms with Crippen LogP contribution in [0.5, 0.6) is 0 Å². The summed E-state index contributed by atoms with van der Waals surface area (Å²) in [6, 6.07) is 13.7. The Bertz CT molecular complexity index is 706. The van der Waals surface area contributed by atoms with Gasteiger partial charge in [0.25, 0.3) is 5.91 Å². The molecule has 0 radical (unpaired) electrons. The van der Waals surface area contributed by atoms with Crippen molar-refractivity contribution in [2.24, 2.45) is 5.73 Å². The van der Waals surface area contributed by atoms with E-state index in [9.17, 15) is 14.0 Å². The van der Waals surface area contributed by atoms with Gasteiger partial charge in [-0.1, -0.05) is 42.5 Å². The monoisotopic (exact) mass is 330 g/mol. The van der Waals surface area contributed by atoms with Crippen molar-refractivity contribution in [1.82, 2.24) is 5.32 Å². The highest BCUT2D eigenvalue weighted by Gasteiger charge is 2.25. The summed E-state index contributed by atoms with van der Waals surface area (Å²) in [6.07, 6.45) is -0.759. The summed E-state index contributed by atoms with van der Waals surface area (Å²) in [5.74, 6) is -1.60. The number of methoxy groups -OCH3 is 1. The van der Waals surface area contributed by atoms with Gasteiger partial charge < -0.3 is 15.8 Å². The Morgan fingerprint density at radius 3 is 2.46 bits per heavy atom. The Morgan fingerprint density at radius 1 is 1.17 bits per heavy atom.